The first-order chi connectivity index (χ1) is 20.4. The van der Waals surface area contributed by atoms with Crippen molar-refractivity contribution in [1.82, 2.24) is 9.97 Å². The second-order valence-electron chi connectivity index (χ2n) is 12.2. The third-order valence-electron chi connectivity index (χ3n) is 8.36. The van der Waals surface area contributed by atoms with E-state index in [1.165, 1.54) is 32.5 Å². The van der Waals surface area contributed by atoms with Crippen LogP contribution in [0.2, 0.25) is 0 Å². The number of methoxy groups -OCH3 is 2. The van der Waals surface area contributed by atoms with Crippen LogP contribution in [0.4, 0.5) is 26.1 Å². The van der Waals surface area contributed by atoms with Crippen molar-refractivity contribution < 1.29 is 28.1 Å². The molecule has 8 nitrogen and oxygen atoms in total. The Morgan fingerprint density at radius 3 is 2.26 bits per heavy atom. The van der Waals surface area contributed by atoms with Crippen LogP contribution in [0.3, 0.4) is 0 Å². The highest BCUT2D eigenvalue weighted by Crippen LogP contribution is 2.38. The minimum Gasteiger partial charge on any atom is -0.495 e. The molecule has 3 aromatic rings. The fraction of sp³-hybridized carbons (Fsp3) is 0.515. The van der Waals surface area contributed by atoms with E-state index in [0.717, 1.165) is 49.5 Å². The number of hydrogen-bond donors (Lipinski definition) is 2. The summed E-state index contributed by atoms with van der Waals surface area (Å²) in [5.41, 5.74) is 1.16. The smallest absolute Gasteiger partial charge is 0.227 e. The van der Waals surface area contributed by atoms with E-state index in [0.29, 0.717) is 17.8 Å². The molecule has 10 heteroatoms. The molecule has 0 aliphatic carbocycles. The molecule has 1 atom stereocenters. The highest BCUT2D eigenvalue weighted by atomic mass is 19.1. The molecule has 2 aromatic carbocycles. The molecular formula is C33H44F2N4O4. The van der Waals surface area contributed by atoms with Gasteiger partial charge < -0.3 is 29.5 Å². The van der Waals surface area contributed by atoms with Crippen LogP contribution in [0.25, 0.3) is 0 Å². The van der Waals surface area contributed by atoms with Crippen molar-refractivity contribution in [3.8, 4) is 17.2 Å². The lowest BCUT2D eigenvalue weighted by Gasteiger charge is -2.39. The van der Waals surface area contributed by atoms with Gasteiger partial charge in [-0.15, -0.1) is 0 Å². The number of benzene rings is 2. The van der Waals surface area contributed by atoms with Crippen molar-refractivity contribution in [3.05, 3.63) is 59.4 Å². The van der Waals surface area contributed by atoms with Gasteiger partial charge in [-0.1, -0.05) is 13.8 Å². The van der Waals surface area contributed by atoms with Crippen LogP contribution in [0.1, 0.15) is 58.1 Å². The monoisotopic (exact) mass is 598 g/mol. The van der Waals surface area contributed by atoms with Crippen molar-refractivity contribution >= 4 is 17.3 Å². The molecule has 4 rings (SSSR count). The molecule has 0 unspecified atom stereocenters. The maximum atomic E-state index is 14.6. The molecule has 43 heavy (non-hydrogen) atoms. The fourth-order valence-corrected chi connectivity index (χ4v) is 5.98. The van der Waals surface area contributed by atoms with Gasteiger partial charge in [-0.2, -0.15) is 0 Å². The van der Waals surface area contributed by atoms with E-state index in [9.17, 15) is 13.9 Å². The zero-order valence-electron chi connectivity index (χ0n) is 26.2. The Kier molecular flexibility index (Phi) is 10.3. The second-order valence-corrected chi connectivity index (χ2v) is 12.2. The third-order valence-corrected chi connectivity index (χ3v) is 8.36. The molecule has 2 N–H and O–H groups in total. The Morgan fingerprint density at radius 2 is 1.67 bits per heavy atom. The lowest BCUT2D eigenvalue weighted by molar-refractivity contribution is -0.0165. The highest BCUT2D eigenvalue weighted by Gasteiger charge is 2.33. The first kappa shape index (κ1) is 32.3. The summed E-state index contributed by atoms with van der Waals surface area (Å²) >= 11 is 0. The van der Waals surface area contributed by atoms with Gasteiger partial charge in [0.25, 0.3) is 0 Å². The first-order valence-corrected chi connectivity index (χ1v) is 14.8. The van der Waals surface area contributed by atoms with E-state index in [2.05, 4.69) is 34.0 Å². The Balaban J connectivity index is 1.35. The number of nitrogens with one attached hydrogen (secondary N) is 1. The van der Waals surface area contributed by atoms with Crippen LogP contribution in [0.15, 0.2) is 36.7 Å². The van der Waals surface area contributed by atoms with Crippen LogP contribution < -0.4 is 24.4 Å². The number of hydrogen-bond acceptors (Lipinski definition) is 8. The number of aryl methyl sites for hydroxylation is 1. The highest BCUT2D eigenvalue weighted by molar-refractivity contribution is 5.67. The number of piperidine rings is 1. The van der Waals surface area contributed by atoms with Gasteiger partial charge in [0.05, 0.1) is 43.5 Å². The SMILES string of the molecule is COc1cc(Nc2ncc(OCc3c(F)c(C)cc(OC)c3F)cn2)ccc1N1CCC(C[C@@H](C(C)C)C(C)(C)O)CC1. The average Bonchev–Trinajstić information content (AvgIpc) is 2.98. The molecule has 0 saturated carbocycles. The van der Waals surface area contributed by atoms with Crippen molar-refractivity contribution in [2.45, 2.75) is 66.1 Å². The largest absolute Gasteiger partial charge is 0.495 e. The standard InChI is InChI=1S/C33H44F2N4O4/c1-20(2)26(33(4,5)40)15-22-10-12-39(13-11-22)27-9-8-23(16-28(27)41-6)38-32-36-17-24(18-37-32)43-19-25-30(34)21(3)14-29(42-7)31(25)35/h8-9,14,16-18,20,22,26,40H,10-13,15,19H2,1-7H3,(H,36,37,38)/t26-/m0/s1. The van der Waals surface area contributed by atoms with E-state index in [1.54, 1.807) is 7.11 Å². The van der Waals surface area contributed by atoms with E-state index in [4.69, 9.17) is 14.2 Å². The van der Waals surface area contributed by atoms with Gasteiger partial charge in [0.1, 0.15) is 18.2 Å². The molecule has 234 valence electrons. The number of nitrogens with zero attached hydrogens (tertiary/aromatic N) is 3. The van der Waals surface area contributed by atoms with E-state index in [-0.39, 0.29) is 35.2 Å². The van der Waals surface area contributed by atoms with Gasteiger partial charge in [0.15, 0.2) is 17.3 Å². The molecule has 0 bridgehead atoms. The number of aliphatic hydroxyl groups is 1. The van der Waals surface area contributed by atoms with Crippen molar-refractivity contribution in [2.24, 2.45) is 17.8 Å². The molecule has 0 spiro atoms. The molecule has 2 heterocycles. The predicted octanol–water partition coefficient (Wildman–Crippen LogP) is 7.05. The van der Waals surface area contributed by atoms with Gasteiger partial charge >= 0.3 is 0 Å². The molecule has 1 aliphatic heterocycles. The molecule has 1 fully saturated rings. The Hall–Kier alpha value is -3.66. The third kappa shape index (κ3) is 7.84. The molecule has 1 aliphatic rings. The maximum absolute atomic E-state index is 14.6. The topological polar surface area (TPSA) is 89.0 Å². The fourth-order valence-electron chi connectivity index (χ4n) is 5.98. The average molecular weight is 599 g/mol. The van der Waals surface area contributed by atoms with E-state index >= 15 is 0 Å². The summed E-state index contributed by atoms with van der Waals surface area (Å²) in [6.07, 6.45) is 6.06. The van der Waals surface area contributed by atoms with Crippen LogP contribution in [-0.2, 0) is 6.61 Å². The summed E-state index contributed by atoms with van der Waals surface area (Å²) in [5, 5.41) is 13.8. The Morgan fingerprint density at radius 1 is 1.02 bits per heavy atom. The maximum Gasteiger partial charge on any atom is 0.227 e. The van der Waals surface area contributed by atoms with Gasteiger partial charge in [0, 0.05) is 24.8 Å². The van der Waals surface area contributed by atoms with E-state index < -0.39 is 17.2 Å². The lowest BCUT2D eigenvalue weighted by atomic mass is 9.74. The summed E-state index contributed by atoms with van der Waals surface area (Å²) in [4.78, 5) is 10.9. The molecule has 1 saturated heterocycles. The van der Waals surface area contributed by atoms with Gasteiger partial charge in [0.2, 0.25) is 5.95 Å². The van der Waals surface area contributed by atoms with Gasteiger partial charge in [-0.25, -0.2) is 18.7 Å². The van der Waals surface area contributed by atoms with Crippen LogP contribution >= 0.6 is 0 Å². The van der Waals surface area contributed by atoms with Crippen molar-refractivity contribution in [1.29, 1.82) is 0 Å². The van der Waals surface area contributed by atoms with Gasteiger partial charge in [-0.3, -0.25) is 0 Å². The predicted molar refractivity (Wildman–Crippen MR) is 164 cm³/mol. The summed E-state index contributed by atoms with van der Waals surface area (Å²) < 4.78 is 45.3. The zero-order valence-corrected chi connectivity index (χ0v) is 26.2. The van der Waals surface area contributed by atoms with Gasteiger partial charge in [-0.05, 0) is 81.5 Å². The van der Waals surface area contributed by atoms with Crippen molar-refractivity contribution in [2.75, 3.05) is 37.5 Å². The number of rotatable bonds is 12. The number of halogens is 2. The summed E-state index contributed by atoms with van der Waals surface area (Å²) in [7, 11) is 2.99. The van der Waals surface area contributed by atoms with Crippen LogP contribution in [-0.4, -0.2) is 48.0 Å². The van der Waals surface area contributed by atoms with Crippen molar-refractivity contribution in [3.63, 3.8) is 0 Å². The molecular weight excluding hydrogens is 554 g/mol. The summed E-state index contributed by atoms with van der Waals surface area (Å²) in [6.45, 7) is 11.3. The van der Waals surface area contributed by atoms with E-state index in [1.807, 2.05) is 32.0 Å². The molecule has 0 amide bonds. The summed E-state index contributed by atoms with van der Waals surface area (Å²) in [5.74, 6) is 1.13. The quantitative estimate of drug-likeness (QED) is 0.229. The minimum absolute atomic E-state index is 0.0406. The molecule has 0 radical (unpaired) electrons. The number of ether oxygens (including phenoxy) is 3. The normalized spacial score (nSPS) is 15.0. The van der Waals surface area contributed by atoms with Crippen LogP contribution in [0, 0.1) is 36.3 Å². The second kappa shape index (κ2) is 13.8. The Bertz CT molecular complexity index is 1370. The number of aromatic nitrogens is 2. The lowest BCUT2D eigenvalue weighted by Crippen LogP contribution is -2.39. The first-order valence-electron chi connectivity index (χ1n) is 14.8. The summed E-state index contributed by atoms with van der Waals surface area (Å²) in [6, 6.07) is 7.21. The zero-order chi connectivity index (χ0) is 31.3. The number of anilines is 3. The van der Waals surface area contributed by atoms with Crippen LogP contribution in [0.5, 0.6) is 17.2 Å². The minimum atomic E-state index is -0.794. The molecule has 1 aromatic heterocycles. The Labute approximate surface area is 253 Å².